The number of hydrogen-bond acceptors (Lipinski definition) is 7. The number of nitrogens with one attached hydrogen (secondary N) is 2. The van der Waals surface area contributed by atoms with Crippen LogP contribution in [0.15, 0.2) is 0 Å². The molecule has 1 atom stereocenters. The van der Waals surface area contributed by atoms with Gasteiger partial charge in [-0.15, -0.1) is 0 Å². The van der Waals surface area contributed by atoms with Crippen molar-refractivity contribution < 1.29 is 19.7 Å². The van der Waals surface area contributed by atoms with Crippen molar-refractivity contribution >= 4 is 11.9 Å². The van der Waals surface area contributed by atoms with E-state index in [1.54, 1.807) is 0 Å². The molecule has 0 saturated carbocycles. The molecule has 9 nitrogen and oxygen atoms in total. The van der Waals surface area contributed by atoms with Crippen LogP contribution in [0.5, 0.6) is 0 Å². The Morgan fingerprint density at radius 1 is 1.42 bits per heavy atom. The van der Waals surface area contributed by atoms with Crippen LogP contribution in [0.3, 0.4) is 0 Å². The van der Waals surface area contributed by atoms with Crippen molar-refractivity contribution in [2.24, 2.45) is 17.2 Å². The highest BCUT2D eigenvalue weighted by atomic mass is 16.5. The molecule has 0 aliphatic rings. The molecular weight excluding hydrogens is 254 g/mol. The number of aliphatic hydroxyl groups is 2. The second-order valence-corrected chi connectivity index (χ2v) is 4.38. The van der Waals surface area contributed by atoms with E-state index in [1.807, 2.05) is 0 Å². The third-order valence-corrected chi connectivity index (χ3v) is 2.44. The fraction of sp³-hybridized carbons (Fsp3) is 0.800. The number of ether oxygens (including phenoxy) is 1. The number of guanidine groups is 1. The van der Waals surface area contributed by atoms with Gasteiger partial charge in [0.25, 0.3) is 0 Å². The first-order valence-electron chi connectivity index (χ1n) is 5.85. The molecule has 0 rings (SSSR count). The minimum absolute atomic E-state index is 0.144. The lowest BCUT2D eigenvalue weighted by molar-refractivity contribution is -0.148. The molecule has 0 aromatic heterocycles. The van der Waals surface area contributed by atoms with Crippen LogP contribution in [0.2, 0.25) is 0 Å². The van der Waals surface area contributed by atoms with E-state index in [2.05, 4.69) is 5.32 Å². The van der Waals surface area contributed by atoms with Crippen LogP contribution < -0.4 is 22.5 Å². The van der Waals surface area contributed by atoms with Gasteiger partial charge in [-0.1, -0.05) is 0 Å². The molecule has 0 bridgehead atoms. The minimum Gasteiger partial charge on any atom is -0.462 e. The summed E-state index contributed by atoms with van der Waals surface area (Å²) in [5.41, 5.74) is 14.9. The number of carbonyl (C=O) groups excluding carboxylic acids is 1. The lowest BCUT2D eigenvalue weighted by Crippen LogP contribution is -2.52. The molecule has 0 radical (unpaired) electrons. The zero-order valence-electron chi connectivity index (χ0n) is 10.8. The second-order valence-electron chi connectivity index (χ2n) is 4.38. The Morgan fingerprint density at radius 2 is 2.00 bits per heavy atom. The van der Waals surface area contributed by atoms with Crippen molar-refractivity contribution in [2.45, 2.75) is 24.4 Å². The Morgan fingerprint density at radius 3 is 2.47 bits per heavy atom. The summed E-state index contributed by atoms with van der Waals surface area (Å²) in [4.78, 5) is 11.5. The Hall–Kier alpha value is -1.42. The Kier molecular flexibility index (Phi) is 8.00. The van der Waals surface area contributed by atoms with Crippen molar-refractivity contribution in [2.75, 3.05) is 26.4 Å². The van der Waals surface area contributed by atoms with Gasteiger partial charge in [0.2, 0.25) is 0 Å². The van der Waals surface area contributed by atoms with E-state index < -0.39 is 30.8 Å². The highest BCUT2D eigenvalue weighted by molar-refractivity contribution is 5.75. The maximum absolute atomic E-state index is 11.5. The molecule has 0 heterocycles. The molecule has 0 spiro atoms. The zero-order chi connectivity index (χ0) is 14.9. The third kappa shape index (κ3) is 7.57. The van der Waals surface area contributed by atoms with E-state index in [0.29, 0.717) is 19.4 Å². The average molecular weight is 277 g/mol. The van der Waals surface area contributed by atoms with Gasteiger partial charge in [-0.05, 0) is 12.8 Å². The molecule has 19 heavy (non-hydrogen) atoms. The first kappa shape index (κ1) is 17.6. The number of rotatable bonds is 9. The third-order valence-electron chi connectivity index (χ3n) is 2.44. The summed E-state index contributed by atoms with van der Waals surface area (Å²) in [5.74, 6) is -0.797. The second kappa shape index (κ2) is 8.64. The van der Waals surface area contributed by atoms with Crippen LogP contribution in [0.4, 0.5) is 0 Å². The first-order chi connectivity index (χ1) is 8.84. The number of hydrogen-bond donors (Lipinski definition) is 7. The smallest absolute Gasteiger partial charge is 0.322 e. The van der Waals surface area contributed by atoms with Gasteiger partial charge in [-0.2, -0.15) is 0 Å². The van der Waals surface area contributed by atoms with Gasteiger partial charge < -0.3 is 37.5 Å². The van der Waals surface area contributed by atoms with Crippen LogP contribution in [-0.2, 0) is 9.53 Å². The maximum atomic E-state index is 11.5. The van der Waals surface area contributed by atoms with Crippen molar-refractivity contribution in [3.63, 3.8) is 0 Å². The van der Waals surface area contributed by atoms with Gasteiger partial charge in [0.1, 0.15) is 12.6 Å². The lowest BCUT2D eigenvalue weighted by atomic mass is 10.1. The van der Waals surface area contributed by atoms with Crippen LogP contribution in [0.1, 0.15) is 12.8 Å². The molecule has 0 aliphatic carbocycles. The molecule has 0 aromatic rings. The normalized spacial score (nSPS) is 12.8. The van der Waals surface area contributed by atoms with E-state index in [4.69, 9.17) is 37.6 Å². The molecule has 0 fully saturated rings. The molecule has 0 aromatic carbocycles. The number of aliphatic hydroxyl groups excluding tert-OH is 2. The van der Waals surface area contributed by atoms with Crippen molar-refractivity contribution in [3.05, 3.63) is 0 Å². The number of carbonyl (C=O) groups is 1. The molecule has 0 saturated heterocycles. The summed E-state index contributed by atoms with van der Waals surface area (Å²) in [6.07, 6.45) is 0.901. The van der Waals surface area contributed by atoms with Gasteiger partial charge in [-0.3, -0.25) is 10.2 Å². The highest BCUT2D eigenvalue weighted by Crippen LogP contribution is 2.02. The fourth-order valence-corrected chi connectivity index (χ4v) is 1.13. The minimum atomic E-state index is -1.36. The van der Waals surface area contributed by atoms with Crippen LogP contribution in [0.25, 0.3) is 0 Å². The quantitative estimate of drug-likeness (QED) is 0.0995. The summed E-state index contributed by atoms with van der Waals surface area (Å²) >= 11 is 0. The largest absolute Gasteiger partial charge is 0.462 e. The summed E-state index contributed by atoms with van der Waals surface area (Å²) in [5, 5.41) is 27.3. The highest BCUT2D eigenvalue weighted by Gasteiger charge is 2.26. The van der Waals surface area contributed by atoms with Crippen molar-refractivity contribution in [3.8, 4) is 0 Å². The summed E-state index contributed by atoms with van der Waals surface area (Å²) in [6, 6.07) is -0.824. The Bertz CT molecular complexity index is 296. The molecule has 112 valence electrons. The van der Waals surface area contributed by atoms with Gasteiger partial charge >= 0.3 is 5.97 Å². The molecular formula is C10H23N5O4. The van der Waals surface area contributed by atoms with E-state index >= 15 is 0 Å². The van der Waals surface area contributed by atoms with Crippen LogP contribution in [-0.4, -0.2) is 60.1 Å². The van der Waals surface area contributed by atoms with E-state index in [0.717, 1.165) is 0 Å². The van der Waals surface area contributed by atoms with E-state index in [9.17, 15) is 4.79 Å². The fourth-order valence-electron chi connectivity index (χ4n) is 1.13. The Balaban J connectivity index is 3.90. The lowest BCUT2D eigenvalue weighted by Gasteiger charge is -2.24. The van der Waals surface area contributed by atoms with E-state index in [-0.39, 0.29) is 12.6 Å². The topological polar surface area (TPSA) is 181 Å². The van der Waals surface area contributed by atoms with Crippen LogP contribution >= 0.6 is 0 Å². The van der Waals surface area contributed by atoms with Crippen molar-refractivity contribution in [1.82, 2.24) is 5.32 Å². The summed E-state index contributed by atoms with van der Waals surface area (Å²) in [7, 11) is 0. The molecule has 10 N–H and O–H groups in total. The van der Waals surface area contributed by atoms with Gasteiger partial charge in [-0.25, -0.2) is 0 Å². The average Bonchev–Trinajstić information content (AvgIpc) is 2.40. The summed E-state index contributed by atoms with van der Waals surface area (Å²) < 4.78 is 4.83. The monoisotopic (exact) mass is 277 g/mol. The van der Waals surface area contributed by atoms with E-state index in [1.165, 1.54) is 0 Å². The van der Waals surface area contributed by atoms with Gasteiger partial charge in [0, 0.05) is 6.54 Å². The van der Waals surface area contributed by atoms with Crippen LogP contribution in [0, 0.1) is 5.41 Å². The summed E-state index contributed by atoms with van der Waals surface area (Å²) in [6.45, 7) is -0.883. The predicted molar refractivity (Wildman–Crippen MR) is 69.2 cm³/mol. The molecule has 0 unspecified atom stereocenters. The predicted octanol–water partition coefficient (Wildman–Crippen LogP) is -3.20. The number of esters is 1. The van der Waals surface area contributed by atoms with Crippen molar-refractivity contribution in [1.29, 1.82) is 5.41 Å². The van der Waals surface area contributed by atoms with Gasteiger partial charge in [0.05, 0.1) is 18.8 Å². The van der Waals surface area contributed by atoms with Gasteiger partial charge in [0.15, 0.2) is 5.96 Å². The first-order valence-corrected chi connectivity index (χ1v) is 5.85. The standard InChI is InChI=1S/C10H23N5O4/c11-7(2-1-3-15-9(12)13)8(18)19-6-10(14,4-16)5-17/h7,16-17H,1-6,11,14H2,(H4,12,13,15)/t7-/m0/s1. The SMILES string of the molecule is N=C(N)NCCC[C@H](N)C(=O)OCC(N)(CO)CO. The Labute approximate surface area is 111 Å². The molecule has 9 heteroatoms. The maximum Gasteiger partial charge on any atom is 0.322 e. The number of nitrogens with two attached hydrogens (primary N) is 3. The molecule has 0 aliphatic heterocycles. The zero-order valence-corrected chi connectivity index (χ0v) is 10.8. The molecule has 0 amide bonds.